The molecule has 0 aliphatic heterocycles. The van der Waals surface area contributed by atoms with Crippen LogP contribution in [0.3, 0.4) is 0 Å². The molecule has 0 amide bonds. The zero-order valence-electron chi connectivity index (χ0n) is 13.6. The number of thiophene rings is 1. The minimum atomic E-state index is 0.396. The molecule has 0 bridgehead atoms. The van der Waals surface area contributed by atoms with Crippen LogP contribution in [0.15, 0.2) is 53.7 Å². The molecule has 3 heterocycles. The van der Waals surface area contributed by atoms with E-state index in [0.29, 0.717) is 6.04 Å². The van der Waals surface area contributed by atoms with Crippen LogP contribution in [0.25, 0.3) is 0 Å². The molecule has 3 rings (SSSR count). The lowest BCUT2D eigenvalue weighted by molar-refractivity contribution is 0.247. The SMILES string of the molecule is CC(C)n1cc(CN(Cc2cccnc2)Cc2ccsc2)cn1. The first-order valence-corrected chi connectivity index (χ1v) is 8.80. The standard InChI is InChI=1S/C18H22N4S/c1-15(2)22-13-18(9-20-22)12-21(11-17-5-7-23-14-17)10-16-4-3-6-19-8-16/h3-9,13-15H,10-12H2,1-2H3. The van der Waals surface area contributed by atoms with Gasteiger partial charge in [0.2, 0.25) is 0 Å². The maximum atomic E-state index is 4.45. The van der Waals surface area contributed by atoms with Crippen LogP contribution in [-0.4, -0.2) is 19.7 Å². The van der Waals surface area contributed by atoms with Gasteiger partial charge in [0.1, 0.15) is 0 Å². The Morgan fingerprint density at radius 2 is 1.91 bits per heavy atom. The molecule has 3 aromatic rings. The third-order valence-electron chi connectivity index (χ3n) is 3.71. The molecule has 0 aliphatic rings. The summed E-state index contributed by atoms with van der Waals surface area (Å²) in [6.45, 7) is 7.00. The van der Waals surface area contributed by atoms with Crippen LogP contribution in [0.4, 0.5) is 0 Å². The zero-order chi connectivity index (χ0) is 16.1. The number of nitrogens with zero attached hydrogens (tertiary/aromatic N) is 4. The van der Waals surface area contributed by atoms with Crippen LogP contribution in [0.1, 0.15) is 36.6 Å². The van der Waals surface area contributed by atoms with Crippen LogP contribution < -0.4 is 0 Å². The van der Waals surface area contributed by atoms with Crippen molar-refractivity contribution in [1.29, 1.82) is 0 Å². The van der Waals surface area contributed by atoms with E-state index in [1.54, 1.807) is 11.3 Å². The number of aromatic nitrogens is 3. The molecule has 4 nitrogen and oxygen atoms in total. The second-order valence-electron chi connectivity index (χ2n) is 6.06. The van der Waals surface area contributed by atoms with E-state index < -0.39 is 0 Å². The van der Waals surface area contributed by atoms with Crippen molar-refractivity contribution in [3.05, 3.63) is 70.4 Å². The highest BCUT2D eigenvalue weighted by Gasteiger charge is 2.11. The lowest BCUT2D eigenvalue weighted by Gasteiger charge is -2.21. The Hall–Kier alpha value is -1.98. The van der Waals surface area contributed by atoms with E-state index >= 15 is 0 Å². The molecule has 120 valence electrons. The molecule has 0 radical (unpaired) electrons. The second kappa shape index (κ2) is 7.53. The Morgan fingerprint density at radius 1 is 1.09 bits per heavy atom. The molecule has 0 fully saturated rings. The van der Waals surface area contributed by atoms with Gasteiger partial charge in [-0.3, -0.25) is 14.6 Å². The van der Waals surface area contributed by atoms with Gasteiger partial charge in [-0.25, -0.2) is 0 Å². The van der Waals surface area contributed by atoms with Crippen LogP contribution in [0, 0.1) is 0 Å². The summed E-state index contributed by atoms with van der Waals surface area (Å²) < 4.78 is 2.02. The summed E-state index contributed by atoms with van der Waals surface area (Å²) in [4.78, 5) is 6.66. The summed E-state index contributed by atoms with van der Waals surface area (Å²) in [6, 6.07) is 6.71. The van der Waals surface area contributed by atoms with E-state index in [1.807, 2.05) is 29.3 Å². The van der Waals surface area contributed by atoms with Gasteiger partial charge in [-0.05, 0) is 47.9 Å². The average molecular weight is 326 g/mol. The molecular weight excluding hydrogens is 304 g/mol. The summed E-state index contributed by atoms with van der Waals surface area (Å²) in [7, 11) is 0. The molecule has 0 saturated heterocycles. The molecule has 3 aromatic heterocycles. The number of hydrogen-bond donors (Lipinski definition) is 0. The lowest BCUT2D eigenvalue weighted by atomic mass is 10.2. The summed E-state index contributed by atoms with van der Waals surface area (Å²) >= 11 is 1.75. The van der Waals surface area contributed by atoms with Gasteiger partial charge in [0.25, 0.3) is 0 Å². The summed E-state index contributed by atoms with van der Waals surface area (Å²) in [5.41, 5.74) is 3.84. The van der Waals surface area contributed by atoms with Crippen LogP contribution in [-0.2, 0) is 19.6 Å². The number of hydrogen-bond acceptors (Lipinski definition) is 4. The van der Waals surface area contributed by atoms with E-state index in [4.69, 9.17) is 0 Å². The molecule has 0 N–H and O–H groups in total. The molecular formula is C18H22N4S. The van der Waals surface area contributed by atoms with Gasteiger partial charge in [0.05, 0.1) is 6.20 Å². The van der Waals surface area contributed by atoms with Crippen molar-refractivity contribution in [3.8, 4) is 0 Å². The van der Waals surface area contributed by atoms with Gasteiger partial charge in [-0.2, -0.15) is 16.4 Å². The highest BCUT2D eigenvalue weighted by atomic mass is 32.1. The maximum absolute atomic E-state index is 4.45. The molecule has 0 unspecified atom stereocenters. The third kappa shape index (κ3) is 4.50. The molecule has 0 atom stereocenters. The van der Waals surface area contributed by atoms with Crippen molar-refractivity contribution < 1.29 is 0 Å². The summed E-state index contributed by atoms with van der Waals surface area (Å²) in [5.74, 6) is 0. The normalized spacial score (nSPS) is 11.5. The Balaban J connectivity index is 1.73. The van der Waals surface area contributed by atoms with Gasteiger partial charge in [0.15, 0.2) is 0 Å². The minimum Gasteiger partial charge on any atom is -0.290 e. The van der Waals surface area contributed by atoms with E-state index in [9.17, 15) is 0 Å². The Kier molecular flexibility index (Phi) is 5.20. The largest absolute Gasteiger partial charge is 0.290 e. The molecule has 0 aromatic carbocycles. The number of rotatable bonds is 7. The quantitative estimate of drug-likeness (QED) is 0.655. The van der Waals surface area contributed by atoms with Gasteiger partial charge < -0.3 is 0 Å². The zero-order valence-corrected chi connectivity index (χ0v) is 14.4. The number of pyridine rings is 1. The van der Waals surface area contributed by atoms with E-state index in [2.05, 4.69) is 57.9 Å². The molecule has 0 saturated carbocycles. The summed E-state index contributed by atoms with van der Waals surface area (Å²) in [5, 5.41) is 8.80. The fourth-order valence-corrected chi connectivity index (χ4v) is 3.22. The fourth-order valence-electron chi connectivity index (χ4n) is 2.56. The minimum absolute atomic E-state index is 0.396. The second-order valence-corrected chi connectivity index (χ2v) is 6.84. The fraction of sp³-hybridized carbons (Fsp3) is 0.333. The summed E-state index contributed by atoms with van der Waals surface area (Å²) in [6.07, 6.45) is 7.88. The van der Waals surface area contributed by atoms with Crippen LogP contribution >= 0.6 is 11.3 Å². The van der Waals surface area contributed by atoms with Gasteiger partial charge in [0, 0.05) is 49.8 Å². The van der Waals surface area contributed by atoms with Crippen LogP contribution in [0.2, 0.25) is 0 Å². The van der Waals surface area contributed by atoms with E-state index in [1.165, 1.54) is 16.7 Å². The predicted octanol–water partition coefficient (Wildman–Crippen LogP) is 4.12. The van der Waals surface area contributed by atoms with Crippen molar-refractivity contribution in [2.75, 3.05) is 0 Å². The smallest absolute Gasteiger partial charge is 0.0534 e. The highest BCUT2D eigenvalue weighted by Crippen LogP contribution is 2.16. The average Bonchev–Trinajstić information content (AvgIpc) is 3.20. The third-order valence-corrected chi connectivity index (χ3v) is 4.44. The van der Waals surface area contributed by atoms with Crippen molar-refractivity contribution in [3.63, 3.8) is 0 Å². The van der Waals surface area contributed by atoms with Crippen molar-refractivity contribution in [2.24, 2.45) is 0 Å². The maximum Gasteiger partial charge on any atom is 0.0534 e. The Morgan fingerprint density at radius 3 is 2.57 bits per heavy atom. The Bertz CT molecular complexity index is 704. The van der Waals surface area contributed by atoms with Crippen molar-refractivity contribution in [2.45, 2.75) is 39.5 Å². The highest BCUT2D eigenvalue weighted by molar-refractivity contribution is 7.07. The van der Waals surface area contributed by atoms with Crippen molar-refractivity contribution >= 4 is 11.3 Å². The van der Waals surface area contributed by atoms with Crippen LogP contribution in [0.5, 0.6) is 0 Å². The molecule has 0 aliphatic carbocycles. The van der Waals surface area contributed by atoms with Crippen molar-refractivity contribution in [1.82, 2.24) is 19.7 Å². The van der Waals surface area contributed by atoms with E-state index in [-0.39, 0.29) is 0 Å². The topological polar surface area (TPSA) is 34.0 Å². The van der Waals surface area contributed by atoms with Gasteiger partial charge in [-0.1, -0.05) is 6.07 Å². The monoisotopic (exact) mass is 326 g/mol. The van der Waals surface area contributed by atoms with E-state index in [0.717, 1.165) is 19.6 Å². The first-order chi connectivity index (χ1) is 11.2. The predicted molar refractivity (Wildman–Crippen MR) is 94.1 cm³/mol. The Labute approximate surface area is 141 Å². The molecule has 0 spiro atoms. The molecule has 23 heavy (non-hydrogen) atoms. The lowest BCUT2D eigenvalue weighted by Crippen LogP contribution is -2.22. The van der Waals surface area contributed by atoms with Gasteiger partial charge >= 0.3 is 0 Å². The first kappa shape index (κ1) is 15.9. The molecule has 5 heteroatoms. The van der Waals surface area contributed by atoms with Gasteiger partial charge in [-0.15, -0.1) is 0 Å². The first-order valence-electron chi connectivity index (χ1n) is 7.86.